The number of aryl methyl sites for hydroxylation is 1. The van der Waals surface area contributed by atoms with E-state index >= 15 is 0 Å². The third kappa shape index (κ3) is 1.29. The van der Waals surface area contributed by atoms with E-state index in [1.807, 2.05) is 7.05 Å². The Morgan fingerprint density at radius 3 is 2.81 bits per heavy atom. The minimum atomic E-state index is -0.405. The van der Waals surface area contributed by atoms with Gasteiger partial charge in [-0.2, -0.15) is 5.10 Å². The first-order valence-electron chi connectivity index (χ1n) is 5.98. The Balaban J connectivity index is 1.84. The van der Waals surface area contributed by atoms with Crippen LogP contribution in [0.5, 0.6) is 5.75 Å². The van der Waals surface area contributed by atoms with Gasteiger partial charge in [-0.25, -0.2) is 0 Å². The highest BCUT2D eigenvalue weighted by Crippen LogP contribution is 2.62. The molecule has 3 atom stereocenters. The topological polar surface area (TPSA) is 47.3 Å². The number of aromatic nitrogens is 2. The molecule has 2 aliphatic rings. The van der Waals surface area contributed by atoms with Gasteiger partial charge in [0, 0.05) is 7.05 Å². The highest BCUT2D eigenvalue weighted by molar-refractivity contribution is 5.29. The molecule has 4 heteroatoms. The third-order valence-corrected chi connectivity index (χ3v) is 4.29. The van der Waals surface area contributed by atoms with E-state index in [1.54, 1.807) is 18.0 Å². The number of aliphatic hydroxyl groups is 1. The highest BCUT2D eigenvalue weighted by Gasteiger charge is 2.56. The summed E-state index contributed by atoms with van der Waals surface area (Å²) in [4.78, 5) is 0. The van der Waals surface area contributed by atoms with Crippen LogP contribution < -0.4 is 4.74 Å². The second-order valence-electron chi connectivity index (χ2n) is 5.00. The standard InChI is InChI=1S/C12H18N2O2/c1-14-11(9(16-2)6-13-14)12(15)10-7-4-3-5-8(7)10/h6-8,10,12,15H,3-5H2,1-2H3. The molecule has 2 aliphatic carbocycles. The Morgan fingerprint density at radius 1 is 1.50 bits per heavy atom. The van der Waals surface area contributed by atoms with Crippen molar-refractivity contribution in [3.63, 3.8) is 0 Å². The van der Waals surface area contributed by atoms with Crippen LogP contribution in [0.3, 0.4) is 0 Å². The molecular weight excluding hydrogens is 204 g/mol. The summed E-state index contributed by atoms with van der Waals surface area (Å²) >= 11 is 0. The Kier molecular flexibility index (Phi) is 2.21. The van der Waals surface area contributed by atoms with Crippen LogP contribution in [0, 0.1) is 17.8 Å². The van der Waals surface area contributed by atoms with E-state index in [4.69, 9.17) is 4.74 Å². The SMILES string of the molecule is COc1cnn(C)c1C(O)C1C2CCCC21. The Morgan fingerprint density at radius 2 is 2.19 bits per heavy atom. The average Bonchev–Trinajstić information content (AvgIpc) is 2.66. The Labute approximate surface area is 95.2 Å². The highest BCUT2D eigenvalue weighted by atomic mass is 16.5. The second-order valence-corrected chi connectivity index (χ2v) is 5.00. The molecule has 0 saturated heterocycles. The maximum Gasteiger partial charge on any atom is 0.162 e. The zero-order valence-electron chi connectivity index (χ0n) is 9.76. The van der Waals surface area contributed by atoms with Crippen molar-refractivity contribution in [1.29, 1.82) is 0 Å². The van der Waals surface area contributed by atoms with Gasteiger partial charge in [0.25, 0.3) is 0 Å². The third-order valence-electron chi connectivity index (χ3n) is 4.29. The van der Waals surface area contributed by atoms with E-state index in [1.165, 1.54) is 19.3 Å². The normalized spacial score (nSPS) is 33.6. The number of nitrogens with zero attached hydrogens (tertiary/aromatic N) is 2. The first kappa shape index (κ1) is 10.1. The van der Waals surface area contributed by atoms with Crippen LogP contribution in [0.15, 0.2) is 6.20 Å². The van der Waals surface area contributed by atoms with Crippen molar-refractivity contribution < 1.29 is 9.84 Å². The van der Waals surface area contributed by atoms with Crippen molar-refractivity contribution in [3.8, 4) is 5.75 Å². The summed E-state index contributed by atoms with van der Waals surface area (Å²) in [5, 5.41) is 14.6. The van der Waals surface area contributed by atoms with Crippen LogP contribution in [0.2, 0.25) is 0 Å². The van der Waals surface area contributed by atoms with Crippen LogP contribution in [0.1, 0.15) is 31.1 Å². The molecule has 3 unspecified atom stereocenters. The number of hydrogen-bond donors (Lipinski definition) is 1. The monoisotopic (exact) mass is 222 g/mol. The fourth-order valence-corrected chi connectivity index (χ4v) is 3.45. The molecule has 1 aromatic heterocycles. The Bertz CT molecular complexity index is 392. The van der Waals surface area contributed by atoms with Gasteiger partial charge in [-0.05, 0) is 30.6 Å². The molecule has 0 aromatic carbocycles. The lowest BCUT2D eigenvalue weighted by Gasteiger charge is -2.14. The van der Waals surface area contributed by atoms with Crippen molar-refractivity contribution in [3.05, 3.63) is 11.9 Å². The first-order chi connectivity index (χ1) is 7.74. The quantitative estimate of drug-likeness (QED) is 0.843. The van der Waals surface area contributed by atoms with Gasteiger partial charge >= 0.3 is 0 Å². The van der Waals surface area contributed by atoms with Crippen molar-refractivity contribution in [2.24, 2.45) is 24.8 Å². The summed E-state index contributed by atoms with van der Waals surface area (Å²) < 4.78 is 6.98. The summed E-state index contributed by atoms with van der Waals surface area (Å²) in [5.74, 6) is 2.64. The van der Waals surface area contributed by atoms with Gasteiger partial charge in [-0.15, -0.1) is 0 Å². The van der Waals surface area contributed by atoms with E-state index in [2.05, 4.69) is 5.10 Å². The molecule has 0 radical (unpaired) electrons. The molecule has 88 valence electrons. The number of methoxy groups -OCH3 is 1. The van der Waals surface area contributed by atoms with Crippen LogP contribution in [0.4, 0.5) is 0 Å². The van der Waals surface area contributed by atoms with Crippen molar-refractivity contribution in [2.75, 3.05) is 7.11 Å². The molecule has 2 fully saturated rings. The van der Waals surface area contributed by atoms with Crippen LogP contribution in [0.25, 0.3) is 0 Å². The summed E-state index contributed by atoms with van der Waals surface area (Å²) in [7, 11) is 3.49. The maximum absolute atomic E-state index is 10.4. The number of fused-ring (bicyclic) bond motifs is 1. The van der Waals surface area contributed by atoms with Gasteiger partial charge in [0.05, 0.1) is 13.3 Å². The molecule has 2 saturated carbocycles. The predicted octanol–water partition coefficient (Wildman–Crippen LogP) is 1.51. The van der Waals surface area contributed by atoms with E-state index in [0.717, 1.165) is 17.5 Å². The van der Waals surface area contributed by atoms with Gasteiger partial charge in [0.1, 0.15) is 11.8 Å². The zero-order chi connectivity index (χ0) is 11.3. The van der Waals surface area contributed by atoms with Crippen LogP contribution in [-0.4, -0.2) is 22.0 Å². The summed E-state index contributed by atoms with van der Waals surface area (Å²) in [6.07, 6.45) is 5.18. The molecule has 3 rings (SSSR count). The smallest absolute Gasteiger partial charge is 0.162 e. The van der Waals surface area contributed by atoms with Crippen molar-refractivity contribution in [1.82, 2.24) is 9.78 Å². The predicted molar refractivity (Wildman–Crippen MR) is 59.0 cm³/mol. The lowest BCUT2D eigenvalue weighted by atomic mass is 10.0. The van der Waals surface area contributed by atoms with Crippen LogP contribution >= 0.6 is 0 Å². The van der Waals surface area contributed by atoms with Crippen molar-refractivity contribution >= 4 is 0 Å². The van der Waals surface area contributed by atoms with Gasteiger partial charge in [0.2, 0.25) is 0 Å². The number of hydrogen-bond acceptors (Lipinski definition) is 3. The molecule has 1 aromatic rings. The fraction of sp³-hybridized carbons (Fsp3) is 0.750. The maximum atomic E-state index is 10.4. The van der Waals surface area contributed by atoms with E-state index in [-0.39, 0.29) is 0 Å². The zero-order valence-corrected chi connectivity index (χ0v) is 9.76. The van der Waals surface area contributed by atoms with Gasteiger partial charge in [-0.1, -0.05) is 6.42 Å². The summed E-state index contributed by atoms with van der Waals surface area (Å²) in [6.45, 7) is 0. The molecule has 4 nitrogen and oxygen atoms in total. The van der Waals surface area contributed by atoms with Crippen LogP contribution in [-0.2, 0) is 7.05 Å². The molecule has 1 heterocycles. The van der Waals surface area contributed by atoms with E-state index < -0.39 is 6.10 Å². The lowest BCUT2D eigenvalue weighted by molar-refractivity contribution is 0.125. The number of ether oxygens (including phenoxy) is 1. The van der Waals surface area contributed by atoms with E-state index in [9.17, 15) is 5.11 Å². The largest absolute Gasteiger partial charge is 0.493 e. The van der Waals surface area contributed by atoms with Gasteiger partial charge < -0.3 is 9.84 Å². The van der Waals surface area contributed by atoms with E-state index in [0.29, 0.717) is 11.7 Å². The summed E-state index contributed by atoms with van der Waals surface area (Å²) in [6, 6.07) is 0. The lowest BCUT2D eigenvalue weighted by Crippen LogP contribution is -2.11. The first-order valence-corrected chi connectivity index (χ1v) is 5.98. The fourth-order valence-electron chi connectivity index (χ4n) is 3.45. The minimum absolute atomic E-state index is 0.405. The molecule has 0 spiro atoms. The van der Waals surface area contributed by atoms with Crippen molar-refractivity contribution in [2.45, 2.75) is 25.4 Å². The minimum Gasteiger partial charge on any atom is -0.493 e. The number of aliphatic hydroxyl groups excluding tert-OH is 1. The molecule has 1 N–H and O–H groups in total. The molecule has 0 bridgehead atoms. The molecule has 16 heavy (non-hydrogen) atoms. The molecule has 0 amide bonds. The second kappa shape index (κ2) is 3.48. The van der Waals surface area contributed by atoms with Gasteiger partial charge in [-0.3, -0.25) is 4.68 Å². The number of rotatable bonds is 3. The van der Waals surface area contributed by atoms with Gasteiger partial charge in [0.15, 0.2) is 5.75 Å². The summed E-state index contributed by atoms with van der Waals surface area (Å²) in [5.41, 5.74) is 0.835. The Hall–Kier alpha value is -1.03. The molecular formula is C12H18N2O2. The molecule has 0 aliphatic heterocycles. The average molecular weight is 222 g/mol.